The van der Waals surface area contributed by atoms with Gasteiger partial charge in [-0.25, -0.2) is 0 Å². The average molecular weight is 230 g/mol. The largest absolute Gasteiger partial charge is 0.370 e. The molecule has 0 aromatic heterocycles. The molecule has 1 amide bonds. The summed E-state index contributed by atoms with van der Waals surface area (Å²) in [5, 5.41) is 6.02. The second-order valence-electron chi connectivity index (χ2n) is 4.46. The van der Waals surface area contributed by atoms with Crippen LogP contribution < -0.4 is 10.6 Å². The Morgan fingerprint density at radius 3 is 2.94 bits per heavy atom. The molecule has 1 rings (SSSR count). The van der Waals surface area contributed by atoms with Gasteiger partial charge in [-0.15, -0.1) is 0 Å². The molecule has 0 radical (unpaired) electrons. The van der Waals surface area contributed by atoms with E-state index in [0.29, 0.717) is 6.61 Å². The Hall–Kier alpha value is -0.650. The number of hydrogen-bond donors (Lipinski definition) is 2. The van der Waals surface area contributed by atoms with E-state index in [4.69, 9.17) is 9.47 Å². The minimum absolute atomic E-state index is 0.0515. The summed E-state index contributed by atoms with van der Waals surface area (Å²) in [5.74, 6) is -0.0770. The first-order valence-corrected chi connectivity index (χ1v) is 5.81. The van der Waals surface area contributed by atoms with Crippen LogP contribution in [-0.2, 0) is 14.3 Å². The van der Waals surface area contributed by atoms with Crippen LogP contribution in [0.1, 0.15) is 20.8 Å². The minimum atomic E-state index is -0.0770. The summed E-state index contributed by atoms with van der Waals surface area (Å²) < 4.78 is 10.9. The fourth-order valence-corrected chi connectivity index (χ4v) is 1.62. The van der Waals surface area contributed by atoms with Crippen molar-refractivity contribution in [1.29, 1.82) is 0 Å². The van der Waals surface area contributed by atoms with E-state index in [9.17, 15) is 4.79 Å². The van der Waals surface area contributed by atoms with E-state index in [-0.39, 0.29) is 30.8 Å². The third-order valence-corrected chi connectivity index (χ3v) is 2.22. The molecule has 1 aliphatic rings. The van der Waals surface area contributed by atoms with Crippen LogP contribution in [0, 0.1) is 0 Å². The SMILES string of the molecule is CC(C)NC(=O)COCC1CNCC(C)O1. The Bertz CT molecular complexity index is 221. The van der Waals surface area contributed by atoms with E-state index in [1.165, 1.54) is 0 Å². The molecule has 0 aromatic rings. The number of ether oxygens (including phenoxy) is 2. The van der Waals surface area contributed by atoms with Crippen LogP contribution in [0.4, 0.5) is 0 Å². The van der Waals surface area contributed by atoms with Crippen LogP contribution >= 0.6 is 0 Å². The Balaban J connectivity index is 2.08. The third kappa shape index (κ3) is 5.44. The number of hydrogen-bond acceptors (Lipinski definition) is 4. The van der Waals surface area contributed by atoms with Gasteiger partial charge >= 0.3 is 0 Å². The van der Waals surface area contributed by atoms with Crippen molar-refractivity contribution in [2.75, 3.05) is 26.3 Å². The van der Waals surface area contributed by atoms with Crippen LogP contribution in [-0.4, -0.2) is 50.5 Å². The summed E-state index contributed by atoms with van der Waals surface area (Å²) in [6, 6.07) is 0.156. The highest BCUT2D eigenvalue weighted by Gasteiger charge is 2.18. The quantitative estimate of drug-likeness (QED) is 0.692. The molecule has 1 aliphatic heterocycles. The van der Waals surface area contributed by atoms with Crippen LogP contribution in [0.5, 0.6) is 0 Å². The lowest BCUT2D eigenvalue weighted by Gasteiger charge is -2.28. The normalized spacial score (nSPS) is 25.8. The summed E-state index contributed by atoms with van der Waals surface area (Å²) in [5.41, 5.74) is 0. The van der Waals surface area contributed by atoms with Crippen LogP contribution in [0.3, 0.4) is 0 Å². The summed E-state index contributed by atoms with van der Waals surface area (Å²) in [7, 11) is 0. The van der Waals surface area contributed by atoms with Crippen molar-refractivity contribution >= 4 is 5.91 Å². The van der Waals surface area contributed by atoms with E-state index < -0.39 is 0 Å². The standard InChI is InChI=1S/C11H22N2O3/c1-8(2)13-11(14)7-15-6-10-5-12-4-9(3)16-10/h8-10,12H,4-7H2,1-3H3,(H,13,14). The number of amides is 1. The molecule has 94 valence electrons. The first-order chi connectivity index (χ1) is 7.58. The zero-order valence-electron chi connectivity index (χ0n) is 10.3. The van der Waals surface area contributed by atoms with Gasteiger partial charge in [0.05, 0.1) is 18.8 Å². The van der Waals surface area contributed by atoms with Gasteiger partial charge in [-0.1, -0.05) is 0 Å². The van der Waals surface area contributed by atoms with Crippen molar-refractivity contribution in [2.45, 2.75) is 39.0 Å². The molecule has 1 saturated heterocycles. The monoisotopic (exact) mass is 230 g/mol. The van der Waals surface area contributed by atoms with Crippen LogP contribution in [0.15, 0.2) is 0 Å². The lowest BCUT2D eigenvalue weighted by atomic mass is 10.2. The number of carbonyl (C=O) groups excluding carboxylic acids is 1. The molecule has 0 aromatic carbocycles. The van der Waals surface area contributed by atoms with Gasteiger partial charge in [-0.2, -0.15) is 0 Å². The molecule has 0 spiro atoms. The summed E-state index contributed by atoms with van der Waals surface area (Å²) >= 11 is 0. The molecule has 0 aliphatic carbocycles. The molecule has 1 fully saturated rings. The molecule has 2 N–H and O–H groups in total. The van der Waals surface area contributed by atoms with E-state index in [1.807, 2.05) is 20.8 Å². The van der Waals surface area contributed by atoms with E-state index in [1.54, 1.807) is 0 Å². The molecular formula is C11H22N2O3. The average Bonchev–Trinajstić information content (AvgIpc) is 2.16. The molecule has 1 heterocycles. The maximum Gasteiger partial charge on any atom is 0.246 e. The van der Waals surface area contributed by atoms with Crippen molar-refractivity contribution in [3.63, 3.8) is 0 Å². The van der Waals surface area contributed by atoms with Gasteiger partial charge < -0.3 is 20.1 Å². The summed E-state index contributed by atoms with van der Waals surface area (Å²) in [6.45, 7) is 8.10. The highest BCUT2D eigenvalue weighted by molar-refractivity contribution is 5.77. The topological polar surface area (TPSA) is 59.6 Å². The van der Waals surface area contributed by atoms with E-state index >= 15 is 0 Å². The molecule has 16 heavy (non-hydrogen) atoms. The van der Waals surface area contributed by atoms with Gasteiger partial charge in [0.1, 0.15) is 6.61 Å². The number of nitrogens with one attached hydrogen (secondary N) is 2. The first-order valence-electron chi connectivity index (χ1n) is 5.81. The van der Waals surface area contributed by atoms with Crippen LogP contribution in [0.25, 0.3) is 0 Å². The highest BCUT2D eigenvalue weighted by atomic mass is 16.5. The maximum absolute atomic E-state index is 11.3. The molecule has 0 bridgehead atoms. The molecule has 5 heteroatoms. The molecule has 0 saturated carbocycles. The Morgan fingerprint density at radius 1 is 1.56 bits per heavy atom. The lowest BCUT2D eigenvalue weighted by molar-refractivity contribution is -0.129. The molecule has 2 unspecified atom stereocenters. The summed E-state index contributed by atoms with van der Waals surface area (Å²) in [4.78, 5) is 11.3. The van der Waals surface area contributed by atoms with E-state index in [2.05, 4.69) is 10.6 Å². The maximum atomic E-state index is 11.3. The Morgan fingerprint density at radius 2 is 2.31 bits per heavy atom. The van der Waals surface area contributed by atoms with Crippen molar-refractivity contribution in [1.82, 2.24) is 10.6 Å². The zero-order chi connectivity index (χ0) is 12.0. The summed E-state index contributed by atoms with van der Waals surface area (Å²) in [6.07, 6.45) is 0.266. The number of morpholine rings is 1. The predicted molar refractivity (Wildman–Crippen MR) is 61.3 cm³/mol. The van der Waals surface area contributed by atoms with Crippen molar-refractivity contribution in [2.24, 2.45) is 0 Å². The second-order valence-corrected chi connectivity index (χ2v) is 4.46. The Kier molecular flexibility index (Phi) is 5.73. The van der Waals surface area contributed by atoms with Gasteiger partial charge in [0, 0.05) is 19.1 Å². The van der Waals surface area contributed by atoms with Crippen molar-refractivity contribution in [3.05, 3.63) is 0 Å². The number of carbonyl (C=O) groups is 1. The van der Waals surface area contributed by atoms with Gasteiger partial charge in [0.15, 0.2) is 0 Å². The predicted octanol–water partition coefficient (Wildman–Crippen LogP) is -0.0955. The second kappa shape index (κ2) is 6.83. The Labute approximate surface area is 96.9 Å². The van der Waals surface area contributed by atoms with Crippen LogP contribution in [0.2, 0.25) is 0 Å². The lowest BCUT2D eigenvalue weighted by Crippen LogP contribution is -2.45. The smallest absolute Gasteiger partial charge is 0.246 e. The van der Waals surface area contributed by atoms with E-state index in [0.717, 1.165) is 13.1 Å². The van der Waals surface area contributed by atoms with Gasteiger partial charge in [0.25, 0.3) is 0 Å². The van der Waals surface area contributed by atoms with Gasteiger partial charge in [-0.05, 0) is 20.8 Å². The molecular weight excluding hydrogens is 208 g/mol. The first kappa shape index (κ1) is 13.4. The fourth-order valence-electron chi connectivity index (χ4n) is 1.62. The van der Waals surface area contributed by atoms with Crippen molar-refractivity contribution < 1.29 is 14.3 Å². The van der Waals surface area contributed by atoms with Gasteiger partial charge in [0.2, 0.25) is 5.91 Å². The molecule has 5 nitrogen and oxygen atoms in total. The number of rotatable bonds is 5. The highest BCUT2D eigenvalue weighted by Crippen LogP contribution is 2.03. The van der Waals surface area contributed by atoms with Crippen molar-refractivity contribution in [3.8, 4) is 0 Å². The van der Waals surface area contributed by atoms with Gasteiger partial charge in [-0.3, -0.25) is 4.79 Å². The molecule has 2 atom stereocenters. The third-order valence-electron chi connectivity index (χ3n) is 2.22. The fraction of sp³-hybridized carbons (Fsp3) is 0.909. The minimum Gasteiger partial charge on any atom is -0.370 e. The zero-order valence-corrected chi connectivity index (χ0v) is 10.3.